The molecule has 0 aliphatic carbocycles. The Bertz CT molecular complexity index is 412. The van der Waals surface area contributed by atoms with E-state index >= 15 is 0 Å². The van der Waals surface area contributed by atoms with Crippen molar-refractivity contribution in [2.75, 3.05) is 37.5 Å². The Hall–Kier alpha value is -1.32. The van der Waals surface area contributed by atoms with Crippen LogP contribution in [0.3, 0.4) is 0 Å². The van der Waals surface area contributed by atoms with Crippen LogP contribution in [0, 0.1) is 11.3 Å². The molecule has 0 amide bonds. The van der Waals surface area contributed by atoms with Crippen LogP contribution in [0.25, 0.3) is 0 Å². The van der Waals surface area contributed by atoms with Gasteiger partial charge in [-0.15, -0.1) is 0 Å². The van der Waals surface area contributed by atoms with Crippen LogP contribution in [0.1, 0.15) is 5.56 Å². The average molecular weight is 236 g/mol. The number of rotatable bonds is 2. The summed E-state index contributed by atoms with van der Waals surface area (Å²) in [4.78, 5) is 10.6. The minimum atomic E-state index is 0.528. The minimum Gasteiger partial charge on any atom is -0.378 e. The summed E-state index contributed by atoms with van der Waals surface area (Å²) in [5.74, 6) is 0.727. The van der Waals surface area contributed by atoms with Gasteiger partial charge in [-0.2, -0.15) is 5.26 Å². The van der Waals surface area contributed by atoms with Gasteiger partial charge >= 0.3 is 0 Å². The molecule has 0 radical (unpaired) electrons. The second kappa shape index (κ2) is 5.14. The zero-order valence-electron chi connectivity index (χ0n) is 9.01. The van der Waals surface area contributed by atoms with Gasteiger partial charge in [0.05, 0.1) is 19.4 Å². The Balaban J connectivity index is 2.32. The molecule has 0 N–H and O–H groups in total. The molecule has 1 aliphatic heterocycles. The molecule has 1 fully saturated rings. The Morgan fingerprint density at radius 2 is 2.25 bits per heavy atom. The number of anilines is 1. The molecule has 84 valence electrons. The number of nitriles is 1. The van der Waals surface area contributed by atoms with Gasteiger partial charge in [0.15, 0.2) is 11.0 Å². The molecule has 2 rings (SSSR count). The zero-order valence-corrected chi connectivity index (χ0v) is 9.83. The van der Waals surface area contributed by atoms with Crippen LogP contribution >= 0.6 is 11.8 Å². The van der Waals surface area contributed by atoms with Crippen molar-refractivity contribution in [1.29, 1.82) is 5.26 Å². The normalized spacial score (nSPS) is 15.9. The summed E-state index contributed by atoms with van der Waals surface area (Å²) in [6.45, 7) is 2.92. The summed E-state index contributed by atoms with van der Waals surface area (Å²) in [6.07, 6.45) is 3.51. The first-order chi connectivity index (χ1) is 7.85. The van der Waals surface area contributed by atoms with Gasteiger partial charge in [0.2, 0.25) is 0 Å². The van der Waals surface area contributed by atoms with Gasteiger partial charge in [-0.25, -0.2) is 9.97 Å². The highest BCUT2D eigenvalue weighted by Gasteiger charge is 2.17. The molecule has 1 aromatic heterocycles. The molecular formula is C10H12N4OS. The topological polar surface area (TPSA) is 62.0 Å². The maximum atomic E-state index is 9.02. The second-order valence-corrected chi connectivity index (χ2v) is 4.08. The predicted octanol–water partition coefficient (Wildman–Crippen LogP) is 0.907. The van der Waals surface area contributed by atoms with E-state index in [-0.39, 0.29) is 0 Å². The van der Waals surface area contributed by atoms with Crippen molar-refractivity contribution in [2.45, 2.75) is 5.16 Å². The van der Waals surface area contributed by atoms with Crippen molar-refractivity contribution in [2.24, 2.45) is 0 Å². The fraction of sp³-hybridized carbons (Fsp3) is 0.500. The molecule has 2 heterocycles. The first kappa shape index (κ1) is 11.2. The maximum Gasteiger partial charge on any atom is 0.189 e. The third-order valence-electron chi connectivity index (χ3n) is 2.36. The Labute approximate surface area is 98.4 Å². The van der Waals surface area contributed by atoms with E-state index in [1.54, 1.807) is 6.20 Å². The highest BCUT2D eigenvalue weighted by atomic mass is 32.2. The highest BCUT2D eigenvalue weighted by Crippen LogP contribution is 2.20. The van der Waals surface area contributed by atoms with E-state index in [1.165, 1.54) is 11.8 Å². The highest BCUT2D eigenvalue weighted by molar-refractivity contribution is 7.98. The second-order valence-electron chi connectivity index (χ2n) is 3.31. The number of ether oxygens (including phenoxy) is 1. The summed E-state index contributed by atoms with van der Waals surface area (Å²) in [5, 5.41) is 9.71. The van der Waals surface area contributed by atoms with Gasteiger partial charge in [0, 0.05) is 13.1 Å². The third-order valence-corrected chi connectivity index (χ3v) is 2.92. The smallest absolute Gasteiger partial charge is 0.189 e. The number of hydrogen-bond acceptors (Lipinski definition) is 6. The lowest BCUT2D eigenvalue weighted by atomic mass is 10.3. The minimum absolute atomic E-state index is 0.528. The molecule has 6 heteroatoms. The molecule has 1 saturated heterocycles. The van der Waals surface area contributed by atoms with Crippen molar-refractivity contribution in [3.05, 3.63) is 11.8 Å². The van der Waals surface area contributed by atoms with Crippen LogP contribution in [-0.2, 0) is 4.74 Å². The maximum absolute atomic E-state index is 9.02. The number of morpholine rings is 1. The van der Waals surface area contributed by atoms with Crippen molar-refractivity contribution in [3.8, 4) is 6.07 Å². The predicted molar refractivity (Wildman–Crippen MR) is 61.6 cm³/mol. The van der Waals surface area contributed by atoms with E-state index in [1.807, 2.05) is 6.26 Å². The van der Waals surface area contributed by atoms with Gasteiger partial charge in [-0.05, 0) is 6.26 Å². The summed E-state index contributed by atoms with van der Waals surface area (Å²) in [6, 6.07) is 2.13. The van der Waals surface area contributed by atoms with Gasteiger partial charge in [0.1, 0.15) is 11.6 Å². The summed E-state index contributed by atoms with van der Waals surface area (Å²) in [5.41, 5.74) is 0.528. The molecule has 0 aromatic carbocycles. The van der Waals surface area contributed by atoms with E-state index in [0.29, 0.717) is 23.9 Å². The van der Waals surface area contributed by atoms with Crippen LogP contribution in [-0.4, -0.2) is 42.5 Å². The molecule has 0 spiro atoms. The Kier molecular flexibility index (Phi) is 3.59. The first-order valence-electron chi connectivity index (χ1n) is 4.99. The molecule has 0 bridgehead atoms. The van der Waals surface area contributed by atoms with E-state index in [0.717, 1.165) is 18.9 Å². The molecular weight excluding hydrogens is 224 g/mol. The van der Waals surface area contributed by atoms with Crippen LogP contribution in [0.2, 0.25) is 0 Å². The Morgan fingerprint density at radius 3 is 2.88 bits per heavy atom. The van der Waals surface area contributed by atoms with Crippen LogP contribution in [0.15, 0.2) is 11.4 Å². The van der Waals surface area contributed by atoms with Crippen molar-refractivity contribution in [1.82, 2.24) is 9.97 Å². The largest absolute Gasteiger partial charge is 0.378 e. The summed E-state index contributed by atoms with van der Waals surface area (Å²) >= 11 is 1.48. The van der Waals surface area contributed by atoms with Crippen molar-refractivity contribution in [3.63, 3.8) is 0 Å². The number of aromatic nitrogens is 2. The lowest BCUT2D eigenvalue weighted by molar-refractivity contribution is 0.122. The summed E-state index contributed by atoms with van der Waals surface area (Å²) in [7, 11) is 0. The van der Waals surface area contributed by atoms with E-state index in [9.17, 15) is 0 Å². The van der Waals surface area contributed by atoms with Gasteiger partial charge in [-0.1, -0.05) is 11.8 Å². The molecule has 16 heavy (non-hydrogen) atoms. The Morgan fingerprint density at radius 1 is 1.50 bits per heavy atom. The SMILES string of the molecule is CSc1ncc(C#N)c(N2CCOCC2)n1. The molecule has 1 aromatic rings. The molecule has 0 saturated carbocycles. The first-order valence-corrected chi connectivity index (χ1v) is 6.21. The van der Waals surface area contributed by atoms with Crippen molar-refractivity contribution < 1.29 is 4.74 Å². The average Bonchev–Trinajstić information content (AvgIpc) is 2.39. The lowest BCUT2D eigenvalue weighted by Crippen LogP contribution is -2.37. The number of nitrogens with zero attached hydrogens (tertiary/aromatic N) is 4. The van der Waals surface area contributed by atoms with E-state index in [2.05, 4.69) is 20.9 Å². The third kappa shape index (κ3) is 2.26. The molecule has 0 atom stereocenters. The monoisotopic (exact) mass is 236 g/mol. The standard InChI is InChI=1S/C10H12N4OS/c1-16-10-12-7-8(6-11)9(13-10)14-2-4-15-5-3-14/h7H,2-5H2,1H3. The molecule has 0 unspecified atom stereocenters. The van der Waals surface area contributed by atoms with Gasteiger partial charge < -0.3 is 9.64 Å². The number of hydrogen-bond donors (Lipinski definition) is 0. The fourth-order valence-electron chi connectivity index (χ4n) is 1.55. The molecule has 5 nitrogen and oxygen atoms in total. The van der Waals surface area contributed by atoms with Gasteiger partial charge in [0.25, 0.3) is 0 Å². The van der Waals surface area contributed by atoms with E-state index < -0.39 is 0 Å². The van der Waals surface area contributed by atoms with Crippen LogP contribution in [0.4, 0.5) is 5.82 Å². The molecule has 1 aliphatic rings. The van der Waals surface area contributed by atoms with Crippen LogP contribution < -0.4 is 4.90 Å². The number of thioether (sulfide) groups is 1. The van der Waals surface area contributed by atoms with Gasteiger partial charge in [-0.3, -0.25) is 0 Å². The van der Waals surface area contributed by atoms with Crippen molar-refractivity contribution >= 4 is 17.6 Å². The van der Waals surface area contributed by atoms with E-state index in [4.69, 9.17) is 10.00 Å². The van der Waals surface area contributed by atoms with Crippen LogP contribution in [0.5, 0.6) is 0 Å². The quantitative estimate of drug-likeness (QED) is 0.562. The lowest BCUT2D eigenvalue weighted by Gasteiger charge is -2.28. The summed E-state index contributed by atoms with van der Waals surface area (Å²) < 4.78 is 5.28. The fourth-order valence-corrected chi connectivity index (χ4v) is 1.89. The zero-order chi connectivity index (χ0) is 11.4.